The Morgan fingerprint density at radius 1 is 1.08 bits per heavy atom. The van der Waals surface area contributed by atoms with Crippen LogP contribution in [0.4, 0.5) is 5.69 Å². The summed E-state index contributed by atoms with van der Waals surface area (Å²) in [6.07, 6.45) is 7.31. The van der Waals surface area contributed by atoms with Crippen molar-refractivity contribution >= 4 is 23.1 Å². The predicted molar refractivity (Wildman–Crippen MR) is 156 cm³/mol. The Bertz CT molecular complexity index is 1370. The Morgan fingerprint density at radius 3 is 2.41 bits per heavy atom. The molecule has 2 amide bonds. The van der Waals surface area contributed by atoms with Gasteiger partial charge in [-0.15, -0.1) is 0 Å². The number of anilines is 1. The molecule has 1 fully saturated rings. The number of carbonyl (C=O) groups excluding carboxylic acids is 2. The van der Waals surface area contributed by atoms with Gasteiger partial charge in [-0.1, -0.05) is 43.0 Å². The van der Waals surface area contributed by atoms with E-state index < -0.39 is 0 Å². The topological polar surface area (TPSA) is 74.8 Å². The smallest absolute Gasteiger partial charge is 0.261 e. The number of amides is 2. The highest BCUT2D eigenvalue weighted by Gasteiger charge is 2.25. The second kappa shape index (κ2) is 12.4. The summed E-state index contributed by atoms with van der Waals surface area (Å²) in [5.41, 5.74) is 5.87. The highest BCUT2D eigenvalue weighted by Crippen LogP contribution is 2.30. The number of piperidine rings is 1. The van der Waals surface area contributed by atoms with E-state index in [1.807, 2.05) is 49.0 Å². The molecular weight excluding hydrogens is 488 g/mol. The quantitative estimate of drug-likeness (QED) is 0.379. The standard InChI is InChI=1S/C32H36N4O3/c1-6-23(21-35(3)4)24-11-13-25(14-12-24)26-15-18-36(19-16-26)32(38)27-10-9-22(2)29(20-27)34-30(37)28-8-7-17-33-31(28)39-5/h6-14,17,20-21,26H,1,15-16,18-19H2,2-5H3,(H,34,37)/b23-21+. The lowest BCUT2D eigenvalue weighted by Gasteiger charge is -2.32. The zero-order valence-corrected chi connectivity index (χ0v) is 23.1. The van der Waals surface area contributed by atoms with E-state index in [1.165, 1.54) is 12.7 Å². The van der Waals surface area contributed by atoms with Gasteiger partial charge in [0.05, 0.1) is 7.11 Å². The molecule has 3 aromatic rings. The number of ether oxygens (including phenoxy) is 1. The summed E-state index contributed by atoms with van der Waals surface area (Å²) < 4.78 is 5.21. The number of aryl methyl sites for hydroxylation is 1. The second-order valence-electron chi connectivity index (χ2n) is 9.98. The first-order valence-electron chi connectivity index (χ1n) is 13.1. The minimum Gasteiger partial charge on any atom is -0.480 e. The van der Waals surface area contributed by atoms with Crippen molar-refractivity contribution in [2.24, 2.45) is 0 Å². The molecule has 0 aliphatic carbocycles. The third-order valence-corrected chi connectivity index (χ3v) is 7.06. The van der Waals surface area contributed by atoms with Crippen molar-refractivity contribution in [1.29, 1.82) is 0 Å². The molecule has 2 aromatic carbocycles. The van der Waals surface area contributed by atoms with Gasteiger partial charge in [0.25, 0.3) is 11.8 Å². The van der Waals surface area contributed by atoms with E-state index in [0.717, 1.165) is 29.5 Å². The van der Waals surface area contributed by atoms with Crippen LogP contribution >= 0.6 is 0 Å². The third kappa shape index (κ3) is 6.55. The van der Waals surface area contributed by atoms with Gasteiger partial charge in [0.1, 0.15) is 5.56 Å². The Kier molecular flexibility index (Phi) is 8.81. The van der Waals surface area contributed by atoms with Crippen LogP contribution in [0, 0.1) is 6.92 Å². The molecule has 4 rings (SSSR count). The lowest BCUT2D eigenvalue weighted by molar-refractivity contribution is 0.0712. The van der Waals surface area contributed by atoms with Gasteiger partial charge in [-0.25, -0.2) is 4.98 Å². The summed E-state index contributed by atoms with van der Waals surface area (Å²) in [4.78, 5) is 34.3. The minimum atomic E-state index is -0.336. The maximum absolute atomic E-state index is 13.4. The molecule has 2 heterocycles. The van der Waals surface area contributed by atoms with Gasteiger partial charge in [0.15, 0.2) is 0 Å². The molecule has 1 N–H and O–H groups in total. The summed E-state index contributed by atoms with van der Waals surface area (Å²) in [6, 6.07) is 17.4. The van der Waals surface area contributed by atoms with E-state index >= 15 is 0 Å². The molecule has 1 aliphatic heterocycles. The van der Waals surface area contributed by atoms with E-state index in [4.69, 9.17) is 4.74 Å². The number of carbonyl (C=O) groups is 2. The Morgan fingerprint density at radius 2 is 1.77 bits per heavy atom. The number of likely N-dealkylation sites (tertiary alicyclic amines) is 1. The zero-order valence-electron chi connectivity index (χ0n) is 23.1. The van der Waals surface area contributed by atoms with E-state index in [9.17, 15) is 9.59 Å². The van der Waals surface area contributed by atoms with Crippen molar-refractivity contribution in [3.05, 3.63) is 107 Å². The highest BCUT2D eigenvalue weighted by molar-refractivity contribution is 6.07. The van der Waals surface area contributed by atoms with Gasteiger partial charge in [-0.2, -0.15) is 0 Å². The summed E-state index contributed by atoms with van der Waals surface area (Å²) >= 11 is 0. The first-order chi connectivity index (χ1) is 18.8. The maximum atomic E-state index is 13.4. The molecule has 7 nitrogen and oxygen atoms in total. The van der Waals surface area contributed by atoms with Crippen LogP contribution in [0.1, 0.15) is 56.2 Å². The lowest BCUT2D eigenvalue weighted by atomic mass is 9.88. The van der Waals surface area contributed by atoms with E-state index in [-0.39, 0.29) is 17.7 Å². The molecule has 1 aliphatic rings. The summed E-state index contributed by atoms with van der Waals surface area (Å²) in [5, 5.41) is 2.91. The summed E-state index contributed by atoms with van der Waals surface area (Å²) in [5.74, 6) is 0.304. The zero-order chi connectivity index (χ0) is 27.9. The number of nitrogens with one attached hydrogen (secondary N) is 1. The molecule has 0 radical (unpaired) electrons. The molecular formula is C32H36N4O3. The van der Waals surface area contributed by atoms with Crippen molar-refractivity contribution in [3.63, 3.8) is 0 Å². The normalized spacial score (nSPS) is 14.1. The lowest BCUT2D eigenvalue weighted by Crippen LogP contribution is -2.38. The van der Waals surface area contributed by atoms with Crippen molar-refractivity contribution in [2.45, 2.75) is 25.7 Å². The number of aromatic nitrogens is 1. The fraction of sp³-hybridized carbons (Fsp3) is 0.281. The number of hydrogen-bond donors (Lipinski definition) is 1. The predicted octanol–water partition coefficient (Wildman–Crippen LogP) is 5.76. The van der Waals surface area contributed by atoms with Crippen LogP contribution in [-0.4, -0.2) is 60.9 Å². The molecule has 0 spiro atoms. The van der Waals surface area contributed by atoms with E-state index in [0.29, 0.717) is 35.8 Å². The number of allylic oxidation sites excluding steroid dienone is 2. The SMILES string of the molecule is C=C/C(=C\N(C)C)c1ccc(C2CCN(C(=O)c3ccc(C)c(NC(=O)c4cccnc4OC)c3)CC2)cc1. The van der Waals surface area contributed by atoms with Gasteiger partial charge in [0.2, 0.25) is 5.88 Å². The molecule has 1 saturated heterocycles. The average Bonchev–Trinajstić information content (AvgIpc) is 2.96. The van der Waals surface area contributed by atoms with Crippen molar-refractivity contribution in [3.8, 4) is 5.88 Å². The number of pyridine rings is 1. The van der Waals surface area contributed by atoms with Crippen LogP contribution in [0.5, 0.6) is 5.88 Å². The average molecular weight is 525 g/mol. The fourth-order valence-electron chi connectivity index (χ4n) is 4.88. The van der Waals surface area contributed by atoms with Gasteiger partial charge < -0.3 is 19.9 Å². The number of methoxy groups -OCH3 is 1. The molecule has 39 heavy (non-hydrogen) atoms. The van der Waals surface area contributed by atoms with E-state index in [1.54, 1.807) is 24.4 Å². The van der Waals surface area contributed by atoms with Crippen LogP contribution < -0.4 is 10.1 Å². The summed E-state index contributed by atoms with van der Waals surface area (Å²) in [7, 11) is 5.48. The fourth-order valence-corrected chi connectivity index (χ4v) is 4.88. The van der Waals surface area contributed by atoms with Crippen molar-refractivity contribution in [1.82, 2.24) is 14.8 Å². The van der Waals surface area contributed by atoms with Crippen LogP contribution in [-0.2, 0) is 0 Å². The Labute approximate surface area is 230 Å². The minimum absolute atomic E-state index is 0.0253. The molecule has 0 unspecified atom stereocenters. The van der Waals surface area contributed by atoms with Crippen molar-refractivity contribution < 1.29 is 14.3 Å². The molecule has 0 atom stereocenters. The number of hydrogen-bond acceptors (Lipinski definition) is 5. The van der Waals surface area contributed by atoms with Crippen LogP contribution in [0.3, 0.4) is 0 Å². The Hall–Kier alpha value is -4.39. The second-order valence-corrected chi connectivity index (χ2v) is 9.98. The third-order valence-electron chi connectivity index (χ3n) is 7.06. The molecule has 1 aromatic heterocycles. The van der Waals surface area contributed by atoms with Crippen molar-refractivity contribution in [2.75, 3.05) is 39.6 Å². The van der Waals surface area contributed by atoms with Gasteiger partial charge in [-0.3, -0.25) is 9.59 Å². The number of rotatable bonds is 8. The molecule has 0 bridgehead atoms. The Balaban J connectivity index is 1.40. The van der Waals surface area contributed by atoms with Gasteiger partial charge >= 0.3 is 0 Å². The first kappa shape index (κ1) is 27.6. The molecule has 7 heteroatoms. The van der Waals surface area contributed by atoms with E-state index in [2.05, 4.69) is 47.3 Å². The van der Waals surface area contributed by atoms with Crippen LogP contribution in [0.15, 0.2) is 79.6 Å². The number of nitrogens with zero attached hydrogens (tertiary/aromatic N) is 3. The van der Waals surface area contributed by atoms with Gasteiger partial charge in [0, 0.05) is 50.8 Å². The van der Waals surface area contributed by atoms with Gasteiger partial charge in [-0.05, 0) is 72.2 Å². The molecule has 202 valence electrons. The molecule has 0 saturated carbocycles. The first-order valence-corrected chi connectivity index (χ1v) is 13.1. The monoisotopic (exact) mass is 524 g/mol. The maximum Gasteiger partial charge on any atom is 0.261 e. The summed E-state index contributed by atoms with van der Waals surface area (Å²) in [6.45, 7) is 7.21. The highest BCUT2D eigenvalue weighted by atomic mass is 16.5. The number of benzene rings is 2. The van der Waals surface area contributed by atoms with Crippen LogP contribution in [0.2, 0.25) is 0 Å². The van der Waals surface area contributed by atoms with Crippen LogP contribution in [0.25, 0.3) is 5.57 Å². The largest absolute Gasteiger partial charge is 0.480 e.